The molecule has 0 radical (unpaired) electrons. The van der Waals surface area contributed by atoms with Crippen molar-refractivity contribution in [3.05, 3.63) is 59.0 Å². The van der Waals surface area contributed by atoms with E-state index in [1.807, 2.05) is 0 Å². The second-order valence-electron chi connectivity index (χ2n) is 12.4. The summed E-state index contributed by atoms with van der Waals surface area (Å²) in [6.07, 6.45) is -23.1. The quantitative estimate of drug-likeness (QED) is 0.129. The maximum atomic E-state index is 12.5. The van der Waals surface area contributed by atoms with Crippen LogP contribution in [0.2, 0.25) is 0 Å². The van der Waals surface area contributed by atoms with E-state index in [1.165, 1.54) is 13.5 Å². The molecule has 0 aromatic carbocycles. The molecule has 1 unspecified atom stereocenters. The number of alkyl halides is 12. The predicted molar refractivity (Wildman–Crippen MR) is 182 cm³/mol. The normalized spacial score (nSPS) is 23.5. The average Bonchev–Trinajstić information content (AvgIpc) is 4.01. The van der Waals surface area contributed by atoms with Gasteiger partial charge in [0.05, 0.1) is 71.4 Å². The summed E-state index contributed by atoms with van der Waals surface area (Å²) in [6.45, 7) is -1.46. The van der Waals surface area contributed by atoms with Crippen LogP contribution >= 0.6 is 0 Å². The van der Waals surface area contributed by atoms with Gasteiger partial charge >= 0.3 is 49.1 Å². The summed E-state index contributed by atoms with van der Waals surface area (Å²) in [5.41, 5.74) is -3.19. The van der Waals surface area contributed by atoms with Gasteiger partial charge in [0.2, 0.25) is 0 Å². The van der Waals surface area contributed by atoms with Crippen molar-refractivity contribution in [3.63, 3.8) is 0 Å². The minimum atomic E-state index is -4.87. The summed E-state index contributed by atoms with van der Waals surface area (Å²) in [5, 5.41) is 36.5. The predicted octanol–water partition coefficient (Wildman–Crippen LogP) is 5.80. The molecule has 2 fully saturated rings. The lowest BCUT2D eigenvalue weighted by Gasteiger charge is -2.39. The largest absolute Gasteiger partial charge is 0.507 e. The average molecular weight is 931 g/mol. The minimum absolute atomic E-state index is 0.0895. The van der Waals surface area contributed by atoms with Gasteiger partial charge in [-0.05, 0) is 0 Å². The lowest BCUT2D eigenvalue weighted by Crippen LogP contribution is -2.58. The Morgan fingerprint density at radius 1 is 0.710 bits per heavy atom. The first kappa shape index (κ1) is 52.6. The number of nitrogens with zero attached hydrogens (tertiary/aromatic N) is 4. The fraction of sp³-hybridized carbons (Fsp3) is 0.576. The van der Waals surface area contributed by atoms with E-state index in [0.717, 1.165) is 61.6 Å². The van der Waals surface area contributed by atoms with Gasteiger partial charge < -0.3 is 49.0 Å². The van der Waals surface area contributed by atoms with Crippen LogP contribution in [0, 0.1) is 5.92 Å². The van der Waals surface area contributed by atoms with E-state index in [0.29, 0.717) is 11.1 Å². The van der Waals surface area contributed by atoms with Crippen LogP contribution in [0.15, 0.2) is 59.0 Å². The number of methoxy groups -OCH3 is 4. The van der Waals surface area contributed by atoms with Gasteiger partial charge in [-0.15, -0.1) is 0 Å². The van der Waals surface area contributed by atoms with E-state index in [4.69, 9.17) is 16.3 Å². The molecule has 5 heterocycles. The lowest BCUT2D eigenvalue weighted by molar-refractivity contribution is -0.228. The number of hydrogen-bond donors (Lipinski definition) is 4. The van der Waals surface area contributed by atoms with Crippen molar-refractivity contribution in [2.24, 2.45) is 5.92 Å². The molecule has 62 heavy (non-hydrogen) atoms. The zero-order chi connectivity index (χ0) is 49.0. The Labute approximate surface area is 344 Å². The highest BCUT2D eigenvalue weighted by Gasteiger charge is 2.56. The first-order valence-corrected chi connectivity index (χ1v) is 16.5. The first-order chi connectivity index (χ1) is 28.9. The van der Waals surface area contributed by atoms with Crippen molar-refractivity contribution in [1.82, 2.24) is 19.6 Å². The van der Waals surface area contributed by atoms with Crippen molar-refractivity contribution >= 4 is 24.4 Å². The van der Waals surface area contributed by atoms with Gasteiger partial charge in [0.25, 0.3) is 0 Å². The number of likely N-dealkylation sites (tertiary alicyclic amines) is 1. The number of ether oxygens (including phenoxy) is 5. The number of piperidine rings is 1. The summed E-state index contributed by atoms with van der Waals surface area (Å²) in [5.74, 6) is -4.39. The third-order valence-electron chi connectivity index (χ3n) is 8.26. The molecule has 0 aromatic heterocycles. The van der Waals surface area contributed by atoms with E-state index >= 15 is 0 Å². The van der Waals surface area contributed by atoms with Crippen molar-refractivity contribution in [2.75, 3.05) is 61.2 Å². The highest BCUT2D eigenvalue weighted by Crippen LogP contribution is 2.43. The van der Waals surface area contributed by atoms with E-state index in [2.05, 4.69) is 18.9 Å². The number of carbonyl (C=O) groups is 4. The highest BCUT2D eigenvalue weighted by molar-refractivity contribution is 5.71. The number of carbonyl (C=O) groups excluding carboxylic acids is 4. The summed E-state index contributed by atoms with van der Waals surface area (Å²) in [6, 6.07) is 0. The highest BCUT2D eigenvalue weighted by atomic mass is 19.4. The van der Waals surface area contributed by atoms with Gasteiger partial charge in [-0.1, -0.05) is 19.6 Å². The van der Waals surface area contributed by atoms with Gasteiger partial charge in [-0.3, -0.25) is 14.7 Å². The Kier molecular flexibility index (Phi) is 18.2. The molecule has 4 amide bonds. The molecule has 2 saturated heterocycles. The molecule has 354 valence electrons. The monoisotopic (exact) mass is 930 g/mol. The summed E-state index contributed by atoms with van der Waals surface area (Å²) in [4.78, 5) is 46.9. The lowest BCUT2D eigenvalue weighted by atomic mass is 9.92. The van der Waals surface area contributed by atoms with Crippen molar-refractivity contribution in [2.45, 2.75) is 56.5 Å². The topological polar surface area (TPSA) is 212 Å². The number of allylic oxidation sites excluding steroid dienone is 3. The number of epoxide rings is 1. The molecular formula is C33H40F12N4O13. The van der Waals surface area contributed by atoms with Crippen LogP contribution in [0.3, 0.4) is 0 Å². The molecule has 5 atom stereocenters. The number of rotatable bonds is 0. The van der Waals surface area contributed by atoms with E-state index in [-0.39, 0.29) is 19.6 Å². The van der Waals surface area contributed by atoms with Crippen LogP contribution in [0.1, 0.15) is 8.77 Å². The van der Waals surface area contributed by atoms with Crippen LogP contribution in [0.25, 0.3) is 0 Å². The Morgan fingerprint density at radius 2 is 1.23 bits per heavy atom. The van der Waals surface area contributed by atoms with E-state index in [9.17, 15) is 82.1 Å². The van der Waals surface area contributed by atoms with Crippen LogP contribution < -0.4 is 0 Å². The third-order valence-corrected chi connectivity index (χ3v) is 8.26. The van der Waals surface area contributed by atoms with Crippen molar-refractivity contribution < 1.29 is 117 Å². The molecule has 5 aliphatic rings. The fourth-order valence-electron chi connectivity index (χ4n) is 5.18. The Bertz CT molecular complexity index is 1770. The van der Waals surface area contributed by atoms with Gasteiger partial charge in [-0.2, -0.15) is 52.7 Å². The standard InChI is InChI=1S/C8H12F3NO4.C8H8F3NO4.C8H8F3NO3.C8H8F3NO2.CH4/c2*1-16-7(15)12-2-4(8(9,10)11)6(14)5(13)3-12;1-14-7(13)12-2-4(8(9,10)11)6-5(3-12)15-6;1-14-7(13)12-4-2-3-6(5-12)8(9,10)11;/h4-6,13-14H,2-3H2,1H3;2,13-14H,3H2,1H3;2,5-6H,3H2,1H3;2-3,5H,4H2,1H3;1H4/t4?,5-,6-;;5-,6+;;/m1.0../s1/i;;;;1T. The Balaban J connectivity index is 0.000000415. The summed E-state index contributed by atoms with van der Waals surface area (Å²) >= 11 is 0. The molecule has 29 heteroatoms. The van der Waals surface area contributed by atoms with Gasteiger partial charge in [0.15, 0.2) is 11.5 Å². The molecule has 0 aromatic rings. The zero-order valence-electron chi connectivity index (χ0n) is 33.6. The molecule has 4 N–H and O–H groups in total. The van der Waals surface area contributed by atoms with Crippen molar-refractivity contribution in [1.29, 1.82) is 0 Å². The Hall–Kier alpha value is -5.58. The third kappa shape index (κ3) is 14.8. The molecule has 5 rings (SSSR count). The zero-order valence-corrected chi connectivity index (χ0v) is 32.6. The van der Waals surface area contributed by atoms with Gasteiger partial charge in [0.1, 0.15) is 23.7 Å². The number of amides is 4. The maximum Gasteiger partial charge on any atom is 0.421 e. The molecule has 0 spiro atoms. The number of β-amino-alcohol motifs (C(OH)–C–C–N with tert-alkyl or cyclic N) is 1. The number of fused-ring (bicyclic) bond motifs is 1. The molecule has 0 aliphatic carbocycles. The van der Waals surface area contributed by atoms with Crippen LogP contribution in [0.5, 0.6) is 0 Å². The smallest absolute Gasteiger partial charge is 0.421 e. The second kappa shape index (κ2) is 21.5. The van der Waals surface area contributed by atoms with Crippen LogP contribution in [-0.4, -0.2) is 175 Å². The molecule has 17 nitrogen and oxygen atoms in total. The number of halogens is 12. The van der Waals surface area contributed by atoms with Crippen LogP contribution in [0.4, 0.5) is 71.9 Å². The van der Waals surface area contributed by atoms with Gasteiger partial charge in [-0.25, -0.2) is 19.2 Å². The molecule has 0 bridgehead atoms. The summed E-state index contributed by atoms with van der Waals surface area (Å²) < 4.78 is 176. The number of aliphatic hydroxyl groups excluding tert-OH is 4. The first-order valence-electron chi connectivity index (χ1n) is 17.5. The van der Waals surface area contributed by atoms with E-state index in [1.54, 1.807) is 0 Å². The molecule has 0 saturated carbocycles. The van der Waals surface area contributed by atoms with E-state index < -0.39 is 121 Å². The Morgan fingerprint density at radius 3 is 1.69 bits per heavy atom. The molecule has 5 aliphatic heterocycles. The summed E-state index contributed by atoms with van der Waals surface area (Å²) in [7, 11) is 5.49. The van der Waals surface area contributed by atoms with Crippen LogP contribution in [-0.2, 0) is 23.7 Å². The molecular weight excluding hydrogens is 888 g/mol. The number of hydrogen-bond acceptors (Lipinski definition) is 13. The second-order valence-corrected chi connectivity index (χ2v) is 12.4. The SMILES string of the molecule is COC(=O)N1C=C(C(F)(F)F)C(O)=C(O)C1.COC(=O)N1C=C(C(F)(F)F)C=CC1.COC(=O)N1C=C(C(F)(F)F)[C@H]2O[C@H]2C1.COC(=O)N1CC(C(F)(F)F)[C@@H](O)[C@H](O)C1.[3H]C. The minimum Gasteiger partial charge on any atom is -0.507 e. The number of aliphatic hydroxyl groups is 4. The van der Waals surface area contributed by atoms with Crippen molar-refractivity contribution in [3.8, 4) is 0 Å². The van der Waals surface area contributed by atoms with Gasteiger partial charge in [0, 0.05) is 33.1 Å². The maximum absolute atomic E-state index is 12.5. The fourth-order valence-corrected chi connectivity index (χ4v) is 5.18.